The van der Waals surface area contributed by atoms with Crippen LogP contribution in [0.2, 0.25) is 5.02 Å². The second kappa shape index (κ2) is 10.1. The fraction of sp³-hybridized carbons (Fsp3) is 0.611. The number of amides is 1. The van der Waals surface area contributed by atoms with Crippen molar-refractivity contribution in [3.05, 3.63) is 28.8 Å². The number of nitrogens with zero attached hydrogens (tertiary/aromatic N) is 1. The molecule has 0 aliphatic carbocycles. The molecule has 0 fully saturated rings. The van der Waals surface area contributed by atoms with E-state index >= 15 is 0 Å². The van der Waals surface area contributed by atoms with Gasteiger partial charge in [0.1, 0.15) is 4.90 Å². The molecule has 0 radical (unpaired) electrons. The molecule has 1 aromatic carbocycles. The molecule has 0 aliphatic rings. The molecule has 1 aromatic rings. The van der Waals surface area contributed by atoms with Gasteiger partial charge in [0.2, 0.25) is 10.0 Å². The monoisotopic (exact) mass is 388 g/mol. The molecule has 142 valence electrons. The topological polar surface area (TPSA) is 66.5 Å². The van der Waals surface area contributed by atoms with E-state index < -0.39 is 10.0 Å². The van der Waals surface area contributed by atoms with Crippen LogP contribution in [0.4, 0.5) is 0 Å². The number of unbranched alkanes of at least 4 members (excludes halogenated alkanes) is 2. The number of hydrogen-bond acceptors (Lipinski definition) is 3. The van der Waals surface area contributed by atoms with Gasteiger partial charge in [0.05, 0.1) is 5.02 Å². The quantitative estimate of drug-likeness (QED) is 0.614. The molecule has 0 spiro atoms. The minimum atomic E-state index is -3.71. The molecule has 25 heavy (non-hydrogen) atoms. The third-order valence-corrected chi connectivity index (χ3v) is 6.67. The Kier molecular flexibility index (Phi) is 8.89. The number of hydrogen-bond donors (Lipinski definition) is 1. The number of benzene rings is 1. The van der Waals surface area contributed by atoms with Gasteiger partial charge in [0, 0.05) is 24.7 Å². The zero-order chi connectivity index (χ0) is 19.0. The molecular weight excluding hydrogens is 360 g/mol. The highest BCUT2D eigenvalue weighted by Gasteiger charge is 2.25. The van der Waals surface area contributed by atoms with Gasteiger partial charge in [-0.2, -0.15) is 4.31 Å². The zero-order valence-electron chi connectivity index (χ0n) is 15.5. The molecule has 5 nitrogen and oxygen atoms in total. The summed E-state index contributed by atoms with van der Waals surface area (Å²) in [6.07, 6.45) is 4.22. The van der Waals surface area contributed by atoms with E-state index in [0.29, 0.717) is 18.7 Å². The number of rotatable bonds is 10. The Bertz CT molecular complexity index is 673. The number of carbonyl (C=O) groups is 1. The lowest BCUT2D eigenvalue weighted by atomic mass is 10.1. The van der Waals surface area contributed by atoms with Crippen LogP contribution >= 0.6 is 11.6 Å². The third-order valence-electron chi connectivity index (χ3n) is 4.13. The normalized spacial score (nSPS) is 13.0. The van der Waals surface area contributed by atoms with Crippen LogP contribution in [0, 0.1) is 0 Å². The van der Waals surface area contributed by atoms with Gasteiger partial charge in [-0.1, -0.05) is 51.6 Å². The molecule has 0 unspecified atom stereocenters. The number of halogens is 1. The van der Waals surface area contributed by atoms with Crippen molar-refractivity contribution in [2.75, 3.05) is 13.1 Å². The standard InChI is InChI=1S/C18H29ClN2O3S/c1-5-8-9-10-14(4)20-18(22)15-11-12-16(19)17(13-15)25(23,24)21(6-2)7-3/h11-14H,5-10H2,1-4H3,(H,20,22)/t14-/m0/s1. The van der Waals surface area contributed by atoms with E-state index in [1.165, 1.54) is 16.4 Å². The molecule has 0 bridgehead atoms. The smallest absolute Gasteiger partial charge is 0.251 e. The van der Waals surface area contributed by atoms with Crippen molar-refractivity contribution in [3.63, 3.8) is 0 Å². The van der Waals surface area contributed by atoms with Crippen LogP contribution < -0.4 is 5.32 Å². The van der Waals surface area contributed by atoms with E-state index in [4.69, 9.17) is 11.6 Å². The molecule has 1 amide bonds. The summed E-state index contributed by atoms with van der Waals surface area (Å²) in [6.45, 7) is 8.32. The highest BCUT2D eigenvalue weighted by molar-refractivity contribution is 7.89. The fourth-order valence-electron chi connectivity index (χ4n) is 2.62. The maximum Gasteiger partial charge on any atom is 0.251 e. The first kappa shape index (κ1) is 21.9. The lowest BCUT2D eigenvalue weighted by molar-refractivity contribution is 0.0937. The fourth-order valence-corrected chi connectivity index (χ4v) is 4.58. The maximum absolute atomic E-state index is 12.7. The Hall–Kier alpha value is -1.11. The minimum Gasteiger partial charge on any atom is -0.350 e. The summed E-state index contributed by atoms with van der Waals surface area (Å²) < 4.78 is 26.7. The van der Waals surface area contributed by atoms with E-state index in [9.17, 15) is 13.2 Å². The van der Waals surface area contributed by atoms with Crippen LogP contribution in [0.5, 0.6) is 0 Å². The predicted octanol–water partition coefficient (Wildman–Crippen LogP) is 4.07. The van der Waals surface area contributed by atoms with Crippen LogP contribution in [-0.4, -0.2) is 37.8 Å². The Morgan fingerprint density at radius 3 is 2.40 bits per heavy atom. The van der Waals surface area contributed by atoms with Gasteiger partial charge in [-0.05, 0) is 31.5 Å². The average molecular weight is 389 g/mol. The lowest BCUT2D eigenvalue weighted by Gasteiger charge is -2.20. The maximum atomic E-state index is 12.7. The largest absolute Gasteiger partial charge is 0.350 e. The first-order chi connectivity index (χ1) is 11.8. The van der Waals surface area contributed by atoms with E-state index in [1.54, 1.807) is 19.9 Å². The van der Waals surface area contributed by atoms with Gasteiger partial charge in [-0.3, -0.25) is 4.79 Å². The van der Waals surface area contributed by atoms with Crippen LogP contribution in [0.3, 0.4) is 0 Å². The highest BCUT2D eigenvalue weighted by atomic mass is 35.5. The summed E-state index contributed by atoms with van der Waals surface area (Å²) in [7, 11) is -3.71. The second-order valence-electron chi connectivity index (χ2n) is 6.10. The molecule has 0 saturated heterocycles. The van der Waals surface area contributed by atoms with Gasteiger partial charge < -0.3 is 5.32 Å². The van der Waals surface area contributed by atoms with Crippen LogP contribution in [-0.2, 0) is 10.0 Å². The Labute approximate surface area is 156 Å². The molecule has 0 aliphatic heterocycles. The van der Waals surface area contributed by atoms with E-state index in [0.717, 1.165) is 25.7 Å². The Balaban J connectivity index is 2.99. The highest BCUT2D eigenvalue weighted by Crippen LogP contribution is 2.26. The first-order valence-electron chi connectivity index (χ1n) is 8.88. The van der Waals surface area contributed by atoms with E-state index in [2.05, 4.69) is 12.2 Å². The molecule has 1 N–H and O–H groups in total. The van der Waals surface area contributed by atoms with Crippen molar-refractivity contribution in [2.24, 2.45) is 0 Å². The molecule has 7 heteroatoms. The van der Waals surface area contributed by atoms with Crippen molar-refractivity contribution in [2.45, 2.75) is 64.3 Å². The van der Waals surface area contributed by atoms with Gasteiger partial charge >= 0.3 is 0 Å². The van der Waals surface area contributed by atoms with Crippen molar-refractivity contribution in [1.29, 1.82) is 0 Å². The third kappa shape index (κ3) is 5.97. The van der Waals surface area contributed by atoms with Crippen LogP contribution in [0.15, 0.2) is 23.1 Å². The lowest BCUT2D eigenvalue weighted by Crippen LogP contribution is -2.33. The summed E-state index contributed by atoms with van der Waals surface area (Å²) >= 11 is 6.10. The Morgan fingerprint density at radius 1 is 1.20 bits per heavy atom. The molecule has 0 heterocycles. The molecular formula is C18H29ClN2O3S. The van der Waals surface area contributed by atoms with Gasteiger partial charge in [-0.25, -0.2) is 8.42 Å². The number of nitrogens with one attached hydrogen (secondary N) is 1. The molecule has 0 saturated carbocycles. The summed E-state index contributed by atoms with van der Waals surface area (Å²) in [5.41, 5.74) is 0.303. The minimum absolute atomic E-state index is 0.0239. The number of carbonyl (C=O) groups excluding carboxylic acids is 1. The Morgan fingerprint density at radius 2 is 1.84 bits per heavy atom. The van der Waals surface area contributed by atoms with Crippen molar-refractivity contribution < 1.29 is 13.2 Å². The van der Waals surface area contributed by atoms with Crippen LogP contribution in [0.25, 0.3) is 0 Å². The second-order valence-corrected chi connectivity index (χ2v) is 8.42. The predicted molar refractivity (Wildman–Crippen MR) is 103 cm³/mol. The van der Waals surface area contributed by atoms with Crippen molar-refractivity contribution >= 4 is 27.5 Å². The number of sulfonamides is 1. The average Bonchev–Trinajstić information content (AvgIpc) is 2.56. The summed E-state index contributed by atoms with van der Waals surface area (Å²) in [4.78, 5) is 12.4. The molecule has 0 aromatic heterocycles. The SMILES string of the molecule is CCCCC[C@H](C)NC(=O)c1ccc(Cl)c(S(=O)(=O)N(CC)CC)c1. The summed E-state index contributed by atoms with van der Waals surface area (Å²) in [5.74, 6) is -0.281. The van der Waals surface area contributed by atoms with Gasteiger partial charge in [0.15, 0.2) is 0 Å². The van der Waals surface area contributed by atoms with Crippen molar-refractivity contribution in [1.82, 2.24) is 9.62 Å². The first-order valence-corrected chi connectivity index (χ1v) is 10.7. The summed E-state index contributed by atoms with van der Waals surface area (Å²) in [6, 6.07) is 4.42. The molecule has 1 rings (SSSR count). The summed E-state index contributed by atoms with van der Waals surface area (Å²) in [5, 5.41) is 3.04. The van der Waals surface area contributed by atoms with E-state index in [1.807, 2.05) is 6.92 Å². The van der Waals surface area contributed by atoms with Gasteiger partial charge in [-0.15, -0.1) is 0 Å². The van der Waals surface area contributed by atoms with Gasteiger partial charge in [0.25, 0.3) is 5.91 Å². The zero-order valence-corrected chi connectivity index (χ0v) is 17.1. The van der Waals surface area contributed by atoms with Crippen LogP contribution in [0.1, 0.15) is 63.7 Å². The van der Waals surface area contributed by atoms with Crippen molar-refractivity contribution in [3.8, 4) is 0 Å². The van der Waals surface area contributed by atoms with E-state index in [-0.39, 0.29) is 21.9 Å². The molecule has 1 atom stereocenters.